The van der Waals surface area contributed by atoms with Crippen molar-refractivity contribution >= 4 is 11.3 Å². The van der Waals surface area contributed by atoms with Crippen LogP contribution < -0.4 is 0 Å². The van der Waals surface area contributed by atoms with Crippen LogP contribution in [0.25, 0.3) is 10.4 Å². The predicted molar refractivity (Wildman–Crippen MR) is 62.8 cm³/mol. The van der Waals surface area contributed by atoms with Gasteiger partial charge in [0, 0.05) is 10.3 Å². The van der Waals surface area contributed by atoms with Crippen molar-refractivity contribution in [2.45, 2.75) is 20.8 Å². The zero-order valence-electron chi connectivity index (χ0n) is 8.72. The monoisotopic (exact) mass is 201 g/mol. The molecule has 1 heterocycles. The Morgan fingerprint density at radius 1 is 0.929 bits per heavy atom. The van der Waals surface area contributed by atoms with Crippen molar-refractivity contribution in [2.75, 3.05) is 0 Å². The van der Waals surface area contributed by atoms with Crippen molar-refractivity contribution in [3.05, 3.63) is 46.3 Å². The van der Waals surface area contributed by atoms with Crippen LogP contribution in [0, 0.1) is 26.2 Å². The summed E-state index contributed by atoms with van der Waals surface area (Å²) in [5.74, 6) is 0. The number of hydrogen-bond acceptors (Lipinski definition) is 1. The summed E-state index contributed by atoms with van der Waals surface area (Å²) in [4.78, 5) is 1.31. The summed E-state index contributed by atoms with van der Waals surface area (Å²) in [7, 11) is 0. The number of rotatable bonds is 1. The van der Waals surface area contributed by atoms with Gasteiger partial charge >= 0.3 is 0 Å². The van der Waals surface area contributed by atoms with E-state index >= 15 is 0 Å². The fourth-order valence-electron chi connectivity index (χ4n) is 1.65. The zero-order chi connectivity index (χ0) is 10.1. The third-order valence-corrected chi connectivity index (χ3v) is 3.17. The van der Waals surface area contributed by atoms with Gasteiger partial charge in [-0.1, -0.05) is 29.3 Å². The lowest BCUT2D eigenvalue weighted by atomic mass is 10.1. The Labute approximate surface area is 89.2 Å². The SMILES string of the molecule is Cc1[c]sc(-c2cc(C)cc(C)c2)c1. The lowest BCUT2D eigenvalue weighted by Gasteiger charge is -2.01. The van der Waals surface area contributed by atoms with E-state index in [-0.39, 0.29) is 0 Å². The maximum atomic E-state index is 3.25. The Hall–Kier alpha value is -1.08. The lowest BCUT2D eigenvalue weighted by Crippen LogP contribution is -1.79. The second-order valence-electron chi connectivity index (χ2n) is 3.77. The topological polar surface area (TPSA) is 0 Å². The molecule has 1 aromatic heterocycles. The predicted octanol–water partition coefficient (Wildman–Crippen LogP) is 4.14. The van der Waals surface area contributed by atoms with Crippen molar-refractivity contribution in [1.29, 1.82) is 0 Å². The van der Waals surface area contributed by atoms with Crippen LogP contribution in [0.15, 0.2) is 24.3 Å². The Morgan fingerprint density at radius 2 is 1.57 bits per heavy atom. The van der Waals surface area contributed by atoms with E-state index in [1.165, 1.54) is 27.1 Å². The molecule has 0 nitrogen and oxygen atoms in total. The highest BCUT2D eigenvalue weighted by Crippen LogP contribution is 2.27. The van der Waals surface area contributed by atoms with Crippen molar-refractivity contribution < 1.29 is 0 Å². The van der Waals surface area contributed by atoms with Crippen LogP contribution in [-0.4, -0.2) is 0 Å². The Balaban J connectivity index is 2.51. The summed E-state index contributed by atoms with van der Waals surface area (Å²) in [6.07, 6.45) is 0. The van der Waals surface area contributed by atoms with E-state index in [0.717, 1.165) is 0 Å². The Kier molecular flexibility index (Phi) is 2.42. The fourth-order valence-corrected chi connectivity index (χ4v) is 2.45. The fraction of sp³-hybridized carbons (Fsp3) is 0.231. The number of thiophene rings is 1. The van der Waals surface area contributed by atoms with E-state index in [4.69, 9.17) is 0 Å². The molecule has 71 valence electrons. The summed E-state index contributed by atoms with van der Waals surface area (Å²) in [5, 5.41) is 3.25. The highest BCUT2D eigenvalue weighted by atomic mass is 32.1. The van der Waals surface area contributed by atoms with Crippen LogP contribution >= 0.6 is 11.3 Å². The van der Waals surface area contributed by atoms with Gasteiger partial charge in [-0.3, -0.25) is 0 Å². The summed E-state index contributed by atoms with van der Waals surface area (Å²) in [5.41, 5.74) is 5.19. The summed E-state index contributed by atoms with van der Waals surface area (Å²) < 4.78 is 0. The summed E-state index contributed by atoms with van der Waals surface area (Å²) in [6.45, 7) is 6.37. The molecule has 0 saturated heterocycles. The van der Waals surface area contributed by atoms with E-state index in [9.17, 15) is 0 Å². The zero-order valence-corrected chi connectivity index (χ0v) is 9.53. The average molecular weight is 201 g/mol. The number of benzene rings is 1. The highest BCUT2D eigenvalue weighted by molar-refractivity contribution is 7.13. The first kappa shape index (κ1) is 9.47. The molecule has 0 aliphatic carbocycles. The van der Waals surface area contributed by atoms with Crippen molar-refractivity contribution in [3.63, 3.8) is 0 Å². The molecule has 0 bridgehead atoms. The van der Waals surface area contributed by atoms with Gasteiger partial charge in [0.25, 0.3) is 0 Å². The van der Waals surface area contributed by atoms with Gasteiger partial charge in [-0.25, -0.2) is 0 Å². The molecule has 1 heteroatoms. The smallest absolute Gasteiger partial charge is 0.0481 e. The molecule has 2 rings (SSSR count). The van der Waals surface area contributed by atoms with E-state index < -0.39 is 0 Å². The minimum absolute atomic E-state index is 1.23. The van der Waals surface area contributed by atoms with E-state index in [2.05, 4.69) is 50.4 Å². The molecule has 0 aliphatic heterocycles. The van der Waals surface area contributed by atoms with Gasteiger partial charge < -0.3 is 0 Å². The van der Waals surface area contributed by atoms with Crippen LogP contribution in [-0.2, 0) is 0 Å². The van der Waals surface area contributed by atoms with Crippen LogP contribution in [0.2, 0.25) is 0 Å². The van der Waals surface area contributed by atoms with Crippen LogP contribution in [0.4, 0.5) is 0 Å². The molecule has 0 fully saturated rings. The van der Waals surface area contributed by atoms with Gasteiger partial charge in [0.05, 0.1) is 0 Å². The van der Waals surface area contributed by atoms with Gasteiger partial charge in [-0.05, 0) is 38.0 Å². The Bertz CT molecular complexity index is 432. The van der Waals surface area contributed by atoms with Crippen molar-refractivity contribution in [1.82, 2.24) is 0 Å². The third kappa shape index (κ3) is 1.88. The Morgan fingerprint density at radius 3 is 2.07 bits per heavy atom. The maximum Gasteiger partial charge on any atom is 0.0481 e. The maximum absolute atomic E-state index is 3.25. The minimum atomic E-state index is 1.23. The highest BCUT2D eigenvalue weighted by Gasteiger charge is 2.01. The molecule has 0 amide bonds. The quantitative estimate of drug-likeness (QED) is 0.650. The van der Waals surface area contributed by atoms with Gasteiger partial charge in [-0.15, -0.1) is 11.3 Å². The standard InChI is InChI=1S/C13H13S/c1-9-4-10(2)6-12(5-9)13-7-11(3)8-14-13/h4-7H,1-3H3. The molecule has 1 aromatic carbocycles. The van der Waals surface area contributed by atoms with E-state index in [1.54, 1.807) is 11.3 Å². The lowest BCUT2D eigenvalue weighted by molar-refractivity contribution is 1.39. The first-order chi connectivity index (χ1) is 6.65. The first-order valence-corrected chi connectivity index (χ1v) is 5.53. The molecule has 0 aliphatic rings. The molecular formula is C13H13S. The van der Waals surface area contributed by atoms with E-state index in [0.29, 0.717) is 0 Å². The minimum Gasteiger partial charge on any atom is -0.134 e. The van der Waals surface area contributed by atoms with Gasteiger partial charge in [0.1, 0.15) is 0 Å². The van der Waals surface area contributed by atoms with Gasteiger partial charge in [0.2, 0.25) is 0 Å². The van der Waals surface area contributed by atoms with Gasteiger partial charge in [0.15, 0.2) is 0 Å². The average Bonchev–Trinajstić information content (AvgIpc) is 2.50. The largest absolute Gasteiger partial charge is 0.134 e. The number of hydrogen-bond donors (Lipinski definition) is 0. The van der Waals surface area contributed by atoms with Crippen LogP contribution in [0.5, 0.6) is 0 Å². The molecule has 0 atom stereocenters. The molecule has 0 spiro atoms. The van der Waals surface area contributed by atoms with Gasteiger partial charge in [-0.2, -0.15) is 0 Å². The van der Waals surface area contributed by atoms with Crippen molar-refractivity contribution in [2.24, 2.45) is 0 Å². The second-order valence-corrected chi connectivity index (χ2v) is 4.62. The van der Waals surface area contributed by atoms with Crippen LogP contribution in [0.3, 0.4) is 0 Å². The molecule has 14 heavy (non-hydrogen) atoms. The first-order valence-electron chi connectivity index (χ1n) is 4.72. The van der Waals surface area contributed by atoms with Crippen LogP contribution in [0.1, 0.15) is 16.7 Å². The van der Waals surface area contributed by atoms with E-state index in [1.807, 2.05) is 0 Å². The number of aryl methyl sites for hydroxylation is 3. The molecule has 0 N–H and O–H groups in total. The summed E-state index contributed by atoms with van der Waals surface area (Å²) >= 11 is 1.70. The molecular weight excluding hydrogens is 188 g/mol. The second kappa shape index (κ2) is 3.58. The van der Waals surface area contributed by atoms with Crippen molar-refractivity contribution in [3.8, 4) is 10.4 Å². The molecule has 0 saturated carbocycles. The summed E-state index contributed by atoms with van der Waals surface area (Å²) in [6, 6.07) is 8.85. The molecule has 0 unspecified atom stereocenters. The molecule has 2 aromatic rings. The molecule has 1 radical (unpaired) electrons. The normalized spacial score (nSPS) is 10.5. The third-order valence-electron chi connectivity index (χ3n) is 2.18.